The lowest BCUT2D eigenvalue weighted by Crippen LogP contribution is -2.04. The zero-order valence-corrected chi connectivity index (χ0v) is 26.2. The topological polar surface area (TPSA) is 48.8 Å². The molecule has 0 aliphatic carbocycles. The van der Waals surface area contributed by atoms with Crippen LogP contribution in [0.1, 0.15) is 0 Å². The van der Waals surface area contributed by atoms with Gasteiger partial charge in [0, 0.05) is 32.8 Å². The van der Waals surface area contributed by atoms with Gasteiger partial charge in [-0.15, -0.1) is 0 Å². The highest BCUT2D eigenvalue weighted by atomic mass is 16.3. The number of furan rings is 1. The summed E-state index contributed by atoms with van der Waals surface area (Å²) in [5.74, 6) is 0.602. The van der Waals surface area contributed by atoms with Crippen LogP contribution < -0.4 is 0 Å². The van der Waals surface area contributed by atoms with E-state index in [9.17, 15) is 0 Å². The van der Waals surface area contributed by atoms with Gasteiger partial charge in [0.25, 0.3) is 0 Å². The molecule has 5 nitrogen and oxygen atoms in total. The number of hydrogen-bond acceptors (Lipinski definition) is 3. The Labute approximate surface area is 279 Å². The highest BCUT2D eigenvalue weighted by molar-refractivity contribution is 6.24. The number of fused-ring (bicyclic) bond motifs is 12. The second-order valence-electron chi connectivity index (χ2n) is 12.6. The largest absolute Gasteiger partial charge is 0.452 e. The lowest BCUT2D eigenvalue weighted by atomic mass is 10.1. The van der Waals surface area contributed by atoms with Gasteiger partial charge in [0.05, 0.1) is 27.5 Å². The van der Waals surface area contributed by atoms with Crippen LogP contribution in [0, 0.1) is 0 Å². The van der Waals surface area contributed by atoms with Gasteiger partial charge in [0.2, 0.25) is 5.95 Å². The van der Waals surface area contributed by atoms with Gasteiger partial charge in [-0.05, 0) is 41.1 Å². The van der Waals surface area contributed by atoms with E-state index in [1.807, 2.05) is 18.2 Å². The van der Waals surface area contributed by atoms with Crippen molar-refractivity contribution in [3.8, 4) is 22.9 Å². The molecule has 11 rings (SSSR count). The lowest BCUT2D eigenvalue weighted by Gasteiger charge is -2.12. The SMILES string of the molecule is c1ccc(-c2nc(-n3c4ccccc4c4ccc5c6ccccc6n(-c6ccccc6)c5c43)nc3c2oc2ccc4ccccc4c23)cc1. The summed E-state index contributed by atoms with van der Waals surface area (Å²) >= 11 is 0. The van der Waals surface area contributed by atoms with E-state index >= 15 is 0 Å². The van der Waals surface area contributed by atoms with E-state index in [1.165, 1.54) is 10.8 Å². The average molecular weight is 627 g/mol. The van der Waals surface area contributed by atoms with Crippen LogP contribution in [-0.2, 0) is 0 Å². The molecule has 4 aromatic heterocycles. The monoisotopic (exact) mass is 626 g/mol. The van der Waals surface area contributed by atoms with Gasteiger partial charge >= 0.3 is 0 Å². The molecule has 0 unspecified atom stereocenters. The van der Waals surface area contributed by atoms with Gasteiger partial charge in [0.15, 0.2) is 5.58 Å². The maximum atomic E-state index is 6.64. The van der Waals surface area contributed by atoms with Crippen LogP contribution in [0.5, 0.6) is 0 Å². The third kappa shape index (κ3) is 3.64. The number of nitrogens with zero attached hydrogens (tertiary/aromatic N) is 4. The molecule has 0 N–H and O–H groups in total. The fraction of sp³-hybridized carbons (Fsp3) is 0. The molecule has 0 radical (unpaired) electrons. The Kier molecular flexibility index (Phi) is 5.32. The molecule has 4 heterocycles. The van der Waals surface area contributed by atoms with Gasteiger partial charge in [-0.2, -0.15) is 0 Å². The molecule has 0 aliphatic heterocycles. The number of hydrogen-bond donors (Lipinski definition) is 0. The number of aromatic nitrogens is 4. The predicted molar refractivity (Wildman–Crippen MR) is 201 cm³/mol. The zero-order chi connectivity index (χ0) is 32.1. The van der Waals surface area contributed by atoms with Crippen LogP contribution in [-0.4, -0.2) is 19.1 Å². The molecule has 49 heavy (non-hydrogen) atoms. The summed E-state index contributed by atoms with van der Waals surface area (Å²) in [5.41, 5.74) is 9.52. The fourth-order valence-corrected chi connectivity index (χ4v) is 7.84. The molecule has 11 aromatic rings. The summed E-state index contributed by atoms with van der Waals surface area (Å²) in [7, 11) is 0. The first kappa shape index (κ1) is 26.4. The summed E-state index contributed by atoms with van der Waals surface area (Å²) in [6.07, 6.45) is 0. The molecule has 0 saturated carbocycles. The van der Waals surface area contributed by atoms with Gasteiger partial charge < -0.3 is 8.98 Å². The van der Waals surface area contributed by atoms with Crippen molar-refractivity contribution in [1.82, 2.24) is 19.1 Å². The molecule has 0 fully saturated rings. The Morgan fingerprint density at radius 3 is 1.78 bits per heavy atom. The minimum absolute atomic E-state index is 0.602. The second-order valence-corrected chi connectivity index (χ2v) is 12.6. The van der Waals surface area contributed by atoms with E-state index in [0.717, 1.165) is 77.0 Å². The molecule has 0 spiro atoms. The number of para-hydroxylation sites is 3. The molecule has 0 aliphatic rings. The summed E-state index contributed by atoms with van der Waals surface area (Å²) in [5, 5.41) is 7.93. The summed E-state index contributed by atoms with van der Waals surface area (Å²) in [6.45, 7) is 0. The van der Waals surface area contributed by atoms with Gasteiger partial charge in [0.1, 0.15) is 16.8 Å². The minimum Gasteiger partial charge on any atom is -0.452 e. The maximum absolute atomic E-state index is 6.64. The summed E-state index contributed by atoms with van der Waals surface area (Å²) in [4.78, 5) is 10.9. The first-order chi connectivity index (χ1) is 24.3. The quantitative estimate of drug-likeness (QED) is 0.196. The van der Waals surface area contributed by atoms with Crippen molar-refractivity contribution >= 4 is 76.5 Å². The standard InChI is InChI=1S/C44H26N4O/c1-3-14-28(15-4-1)39-43-40(38-30-18-8-7-13-27(30)23-26-37(38)49-43)46-44(45-39)48-36-22-12-10-20-32(36)34-25-24-33-31-19-9-11-21-35(31)47(41(33)42(34)48)29-16-5-2-6-17-29/h1-26H. The van der Waals surface area contributed by atoms with Crippen molar-refractivity contribution < 1.29 is 4.42 Å². The van der Waals surface area contributed by atoms with Crippen LogP contribution in [0.4, 0.5) is 0 Å². The number of rotatable bonds is 3. The van der Waals surface area contributed by atoms with Crippen LogP contribution in [0.2, 0.25) is 0 Å². The third-order valence-electron chi connectivity index (χ3n) is 9.92. The molecule has 5 heteroatoms. The van der Waals surface area contributed by atoms with E-state index in [1.54, 1.807) is 0 Å². The second kappa shape index (κ2) is 9.89. The van der Waals surface area contributed by atoms with Crippen LogP contribution in [0.25, 0.3) is 99.3 Å². The Morgan fingerprint density at radius 1 is 0.449 bits per heavy atom. The molecular weight excluding hydrogens is 601 g/mol. The highest BCUT2D eigenvalue weighted by Gasteiger charge is 2.25. The van der Waals surface area contributed by atoms with E-state index in [0.29, 0.717) is 11.5 Å². The maximum Gasteiger partial charge on any atom is 0.236 e. The van der Waals surface area contributed by atoms with Gasteiger partial charge in [-0.1, -0.05) is 127 Å². The molecule has 0 saturated heterocycles. The van der Waals surface area contributed by atoms with E-state index in [2.05, 4.69) is 149 Å². The van der Waals surface area contributed by atoms with Crippen molar-refractivity contribution in [3.05, 3.63) is 158 Å². The smallest absolute Gasteiger partial charge is 0.236 e. The van der Waals surface area contributed by atoms with E-state index < -0.39 is 0 Å². The van der Waals surface area contributed by atoms with Crippen molar-refractivity contribution in [2.24, 2.45) is 0 Å². The van der Waals surface area contributed by atoms with Crippen molar-refractivity contribution in [3.63, 3.8) is 0 Å². The minimum atomic E-state index is 0.602. The Hall–Kier alpha value is -6.72. The molecular formula is C44H26N4O. The van der Waals surface area contributed by atoms with Crippen LogP contribution in [0.15, 0.2) is 162 Å². The van der Waals surface area contributed by atoms with Crippen LogP contribution in [0.3, 0.4) is 0 Å². The van der Waals surface area contributed by atoms with Gasteiger partial charge in [-0.25, -0.2) is 9.97 Å². The van der Waals surface area contributed by atoms with Crippen molar-refractivity contribution in [1.29, 1.82) is 0 Å². The fourth-order valence-electron chi connectivity index (χ4n) is 7.84. The van der Waals surface area contributed by atoms with E-state index in [-0.39, 0.29) is 0 Å². The Bertz CT molecular complexity index is 3100. The molecule has 0 atom stereocenters. The number of benzene rings is 7. The third-order valence-corrected chi connectivity index (χ3v) is 9.92. The predicted octanol–water partition coefficient (Wildman–Crippen LogP) is 11.4. The van der Waals surface area contributed by atoms with Crippen LogP contribution >= 0.6 is 0 Å². The van der Waals surface area contributed by atoms with Crippen molar-refractivity contribution in [2.45, 2.75) is 0 Å². The Balaban J connectivity index is 1.37. The van der Waals surface area contributed by atoms with E-state index in [4.69, 9.17) is 14.4 Å². The highest BCUT2D eigenvalue weighted by Crippen LogP contribution is 2.43. The Morgan fingerprint density at radius 2 is 1.04 bits per heavy atom. The summed E-state index contributed by atoms with van der Waals surface area (Å²) < 4.78 is 11.3. The lowest BCUT2D eigenvalue weighted by molar-refractivity contribution is 0.667. The first-order valence-corrected chi connectivity index (χ1v) is 16.5. The molecule has 0 bridgehead atoms. The molecule has 228 valence electrons. The first-order valence-electron chi connectivity index (χ1n) is 16.5. The summed E-state index contributed by atoms with van der Waals surface area (Å²) in [6, 6.07) is 55.3. The zero-order valence-electron chi connectivity index (χ0n) is 26.2. The van der Waals surface area contributed by atoms with Crippen molar-refractivity contribution in [2.75, 3.05) is 0 Å². The van der Waals surface area contributed by atoms with Gasteiger partial charge in [-0.3, -0.25) is 4.57 Å². The normalized spacial score (nSPS) is 12.1. The molecule has 0 amide bonds. The molecule has 7 aromatic carbocycles. The average Bonchev–Trinajstić information content (AvgIpc) is 3.83.